The van der Waals surface area contributed by atoms with Gasteiger partial charge in [-0.25, -0.2) is 0 Å². The summed E-state index contributed by atoms with van der Waals surface area (Å²) >= 11 is 0. The minimum atomic E-state index is -0.729. The van der Waals surface area contributed by atoms with Crippen molar-refractivity contribution in [2.45, 2.75) is 12.1 Å². The first-order valence-corrected chi connectivity index (χ1v) is 5.22. The van der Waals surface area contributed by atoms with Gasteiger partial charge in [0.05, 0.1) is 0 Å². The molecule has 1 aromatic carbocycles. The molecule has 0 bridgehead atoms. The molecule has 1 aromatic rings. The summed E-state index contributed by atoms with van der Waals surface area (Å²) in [6.07, 6.45) is 4.46. The molecular formula is C13H15NO2. The van der Waals surface area contributed by atoms with Gasteiger partial charge in [-0.3, -0.25) is 0 Å². The predicted molar refractivity (Wildman–Crippen MR) is 62.8 cm³/mol. The third-order valence-electron chi connectivity index (χ3n) is 2.77. The van der Waals surface area contributed by atoms with Crippen LogP contribution < -0.4 is 0 Å². The van der Waals surface area contributed by atoms with E-state index in [1.807, 2.05) is 43.6 Å². The molecule has 0 saturated carbocycles. The summed E-state index contributed by atoms with van der Waals surface area (Å²) in [6, 6.07) is 8.94. The number of benzene rings is 1. The van der Waals surface area contributed by atoms with E-state index in [4.69, 9.17) is 0 Å². The quantitative estimate of drug-likeness (QED) is 0.796. The zero-order valence-corrected chi connectivity index (χ0v) is 9.12. The number of nitrogens with zero attached hydrogens (tertiary/aromatic N) is 1. The Morgan fingerprint density at radius 2 is 1.94 bits per heavy atom. The SMILES string of the molecule is CN1C=CC=C(O)C1C(O)c1ccccc1. The van der Waals surface area contributed by atoms with Gasteiger partial charge in [0.25, 0.3) is 0 Å². The minimum Gasteiger partial charge on any atom is -0.510 e. The normalized spacial score (nSPS) is 21.8. The summed E-state index contributed by atoms with van der Waals surface area (Å²) in [5.74, 6) is 0.182. The molecule has 0 radical (unpaired) electrons. The average Bonchev–Trinajstić information content (AvgIpc) is 2.30. The lowest BCUT2D eigenvalue weighted by molar-refractivity contribution is 0.0780. The summed E-state index contributed by atoms with van der Waals surface area (Å²) < 4.78 is 0. The van der Waals surface area contributed by atoms with Gasteiger partial charge in [-0.1, -0.05) is 30.3 Å². The van der Waals surface area contributed by atoms with E-state index >= 15 is 0 Å². The van der Waals surface area contributed by atoms with Crippen LogP contribution in [0.5, 0.6) is 0 Å². The molecule has 2 atom stereocenters. The molecular weight excluding hydrogens is 202 g/mol. The van der Waals surface area contributed by atoms with Gasteiger partial charge >= 0.3 is 0 Å². The highest BCUT2D eigenvalue weighted by molar-refractivity contribution is 5.26. The summed E-state index contributed by atoms with van der Waals surface area (Å²) in [4.78, 5) is 1.80. The lowest BCUT2D eigenvalue weighted by atomic mass is 9.98. The van der Waals surface area contributed by atoms with Crippen LogP contribution in [-0.4, -0.2) is 28.2 Å². The lowest BCUT2D eigenvalue weighted by Crippen LogP contribution is -2.36. The van der Waals surface area contributed by atoms with Crippen LogP contribution in [0, 0.1) is 0 Å². The topological polar surface area (TPSA) is 43.7 Å². The van der Waals surface area contributed by atoms with Gasteiger partial charge in [0.1, 0.15) is 17.9 Å². The maximum absolute atomic E-state index is 10.2. The number of hydrogen-bond acceptors (Lipinski definition) is 3. The smallest absolute Gasteiger partial charge is 0.118 e. The van der Waals surface area contributed by atoms with Gasteiger partial charge in [-0.05, 0) is 23.9 Å². The van der Waals surface area contributed by atoms with Crippen molar-refractivity contribution in [2.75, 3.05) is 7.05 Å². The number of hydrogen-bond donors (Lipinski definition) is 2. The molecule has 2 unspecified atom stereocenters. The Bertz CT molecular complexity index is 411. The van der Waals surface area contributed by atoms with Crippen molar-refractivity contribution in [3.63, 3.8) is 0 Å². The maximum Gasteiger partial charge on any atom is 0.118 e. The second-order valence-corrected chi connectivity index (χ2v) is 3.90. The van der Waals surface area contributed by atoms with Gasteiger partial charge in [-0.15, -0.1) is 0 Å². The number of aliphatic hydroxyl groups is 2. The van der Waals surface area contributed by atoms with Gasteiger partial charge in [0.2, 0.25) is 0 Å². The summed E-state index contributed by atoms with van der Waals surface area (Å²) in [7, 11) is 1.83. The largest absolute Gasteiger partial charge is 0.510 e. The first-order valence-electron chi connectivity index (χ1n) is 5.22. The monoisotopic (exact) mass is 217 g/mol. The first-order chi connectivity index (χ1) is 7.70. The van der Waals surface area contributed by atoms with E-state index in [9.17, 15) is 10.2 Å². The van der Waals surface area contributed by atoms with Crippen molar-refractivity contribution in [2.24, 2.45) is 0 Å². The molecule has 3 nitrogen and oxygen atoms in total. The molecule has 0 saturated heterocycles. The van der Waals surface area contributed by atoms with E-state index in [1.165, 1.54) is 0 Å². The van der Waals surface area contributed by atoms with Crippen molar-refractivity contribution < 1.29 is 10.2 Å². The molecule has 0 amide bonds. The molecule has 16 heavy (non-hydrogen) atoms. The third-order valence-corrected chi connectivity index (χ3v) is 2.77. The van der Waals surface area contributed by atoms with E-state index in [1.54, 1.807) is 17.1 Å². The Morgan fingerprint density at radius 3 is 2.56 bits per heavy atom. The summed E-state index contributed by atoms with van der Waals surface area (Å²) in [6.45, 7) is 0. The van der Waals surface area contributed by atoms with Crippen LogP contribution in [0.25, 0.3) is 0 Å². The van der Waals surface area contributed by atoms with Crippen LogP contribution in [0.1, 0.15) is 11.7 Å². The summed E-state index contributed by atoms with van der Waals surface area (Å²) in [5.41, 5.74) is 0.801. The molecule has 1 aliphatic heterocycles. The lowest BCUT2D eigenvalue weighted by Gasteiger charge is -2.32. The molecule has 3 heteroatoms. The van der Waals surface area contributed by atoms with Crippen molar-refractivity contribution in [3.8, 4) is 0 Å². The van der Waals surface area contributed by atoms with Crippen LogP contribution in [-0.2, 0) is 0 Å². The molecule has 2 rings (SSSR count). The highest BCUT2D eigenvalue weighted by atomic mass is 16.3. The third kappa shape index (κ3) is 1.95. The molecule has 0 fully saturated rings. The van der Waals surface area contributed by atoms with Crippen LogP contribution in [0.2, 0.25) is 0 Å². The molecule has 2 N–H and O–H groups in total. The van der Waals surface area contributed by atoms with E-state index in [0.717, 1.165) is 5.56 Å². The fourth-order valence-corrected chi connectivity index (χ4v) is 1.89. The fraction of sp³-hybridized carbons (Fsp3) is 0.231. The van der Waals surface area contributed by atoms with Gasteiger partial charge in [0, 0.05) is 7.05 Å². The molecule has 1 aliphatic rings. The molecule has 0 aromatic heterocycles. The Labute approximate surface area is 94.9 Å². The van der Waals surface area contributed by atoms with Crippen LogP contribution in [0.4, 0.5) is 0 Å². The van der Waals surface area contributed by atoms with E-state index in [-0.39, 0.29) is 5.76 Å². The van der Waals surface area contributed by atoms with Crippen molar-refractivity contribution in [1.82, 2.24) is 4.90 Å². The molecule has 0 spiro atoms. The molecule has 0 aliphatic carbocycles. The van der Waals surface area contributed by atoms with Crippen molar-refractivity contribution in [1.29, 1.82) is 0 Å². The van der Waals surface area contributed by atoms with E-state index in [2.05, 4.69) is 0 Å². The highest BCUT2D eigenvalue weighted by Crippen LogP contribution is 2.26. The Morgan fingerprint density at radius 1 is 1.25 bits per heavy atom. The first kappa shape index (κ1) is 10.8. The maximum atomic E-state index is 10.2. The predicted octanol–water partition coefficient (Wildman–Crippen LogP) is 1.99. The standard InChI is InChI=1S/C13H15NO2/c1-14-9-5-8-11(15)12(14)13(16)10-6-3-2-4-7-10/h2-9,12-13,15-16H,1H3. The number of rotatable bonds is 2. The zero-order chi connectivity index (χ0) is 11.5. The Balaban J connectivity index is 2.25. The highest BCUT2D eigenvalue weighted by Gasteiger charge is 2.28. The minimum absolute atomic E-state index is 0.182. The van der Waals surface area contributed by atoms with Crippen LogP contribution >= 0.6 is 0 Å². The van der Waals surface area contributed by atoms with Crippen molar-refractivity contribution >= 4 is 0 Å². The zero-order valence-electron chi connectivity index (χ0n) is 9.12. The van der Waals surface area contributed by atoms with E-state index in [0.29, 0.717) is 0 Å². The average molecular weight is 217 g/mol. The van der Waals surface area contributed by atoms with Crippen LogP contribution in [0.15, 0.2) is 54.4 Å². The van der Waals surface area contributed by atoms with Gasteiger partial charge in [0.15, 0.2) is 0 Å². The molecule has 84 valence electrons. The fourth-order valence-electron chi connectivity index (χ4n) is 1.89. The van der Waals surface area contributed by atoms with Crippen LogP contribution in [0.3, 0.4) is 0 Å². The Hall–Kier alpha value is -1.74. The second kappa shape index (κ2) is 4.41. The van der Waals surface area contributed by atoms with Crippen molar-refractivity contribution in [3.05, 3.63) is 60.0 Å². The summed E-state index contributed by atoms with van der Waals surface area (Å²) in [5, 5.41) is 20.0. The Kier molecular flexibility index (Phi) is 2.97. The number of allylic oxidation sites excluding steroid dienone is 2. The second-order valence-electron chi connectivity index (χ2n) is 3.90. The number of likely N-dealkylation sites (N-methyl/N-ethyl adjacent to an activating group) is 1. The van der Waals surface area contributed by atoms with E-state index < -0.39 is 12.1 Å². The van der Waals surface area contributed by atoms with Gasteiger partial charge in [-0.2, -0.15) is 0 Å². The van der Waals surface area contributed by atoms with Gasteiger partial charge < -0.3 is 15.1 Å². The number of aliphatic hydroxyl groups excluding tert-OH is 2. The molecule has 1 heterocycles.